The molecule has 0 radical (unpaired) electrons. The summed E-state index contributed by atoms with van der Waals surface area (Å²) in [5, 5.41) is 2.68. The molecule has 1 aromatic carbocycles. The fourth-order valence-electron chi connectivity index (χ4n) is 2.21. The lowest BCUT2D eigenvalue weighted by Gasteiger charge is -2.32. The first-order chi connectivity index (χ1) is 9.91. The number of benzene rings is 1. The van der Waals surface area contributed by atoms with Crippen LogP contribution in [0, 0.1) is 0 Å². The fourth-order valence-corrected chi connectivity index (χ4v) is 3.08. The lowest BCUT2D eigenvalue weighted by Crippen LogP contribution is -2.46. The number of fused-ring (bicyclic) bond motifs is 1. The van der Waals surface area contributed by atoms with Gasteiger partial charge in [-0.05, 0) is 25.2 Å². The Morgan fingerprint density at radius 3 is 2.57 bits per heavy atom. The average Bonchev–Trinajstić information content (AvgIpc) is 2.81. The van der Waals surface area contributed by atoms with Crippen LogP contribution in [-0.4, -0.2) is 48.1 Å². The summed E-state index contributed by atoms with van der Waals surface area (Å²) >= 11 is 1.37. The molecule has 2 heterocycles. The summed E-state index contributed by atoms with van der Waals surface area (Å²) in [7, 11) is 2.06. The van der Waals surface area contributed by atoms with Gasteiger partial charge in [-0.25, -0.2) is 9.99 Å². The molecule has 4 nitrogen and oxygen atoms in total. The van der Waals surface area contributed by atoms with E-state index >= 15 is 0 Å². The predicted octanol–water partition coefficient (Wildman–Crippen LogP) is 2.89. The number of anilines is 1. The largest absolute Gasteiger partial charge is 0.416 e. The van der Waals surface area contributed by atoms with Crippen LogP contribution in [0.1, 0.15) is 5.56 Å². The Bertz CT molecular complexity index is 632. The van der Waals surface area contributed by atoms with E-state index in [1.54, 1.807) is 0 Å². The standard InChI is InChI=1S/C13H15F3N4S/c1-19-4-6-20(7-5-19)18-12-17-10-8-9(13(14,15)16)2-3-11(10)21-12/h2-3,8H,4-7H2,1H3,(H,17,18). The smallest absolute Gasteiger partial charge is 0.304 e. The molecule has 0 unspecified atom stereocenters. The Morgan fingerprint density at radius 1 is 1.19 bits per heavy atom. The zero-order valence-electron chi connectivity index (χ0n) is 11.4. The molecule has 1 aliphatic heterocycles. The first-order valence-electron chi connectivity index (χ1n) is 6.60. The lowest BCUT2D eigenvalue weighted by molar-refractivity contribution is -0.137. The lowest BCUT2D eigenvalue weighted by atomic mass is 10.2. The van der Waals surface area contributed by atoms with Gasteiger partial charge in [-0.1, -0.05) is 11.3 Å². The number of hydrogen-bond acceptors (Lipinski definition) is 5. The Morgan fingerprint density at radius 2 is 1.90 bits per heavy atom. The normalized spacial score (nSPS) is 18.3. The van der Waals surface area contributed by atoms with Crippen molar-refractivity contribution in [1.82, 2.24) is 14.9 Å². The van der Waals surface area contributed by atoms with Gasteiger partial charge in [0.2, 0.25) is 0 Å². The van der Waals surface area contributed by atoms with Gasteiger partial charge in [0.25, 0.3) is 0 Å². The second-order valence-electron chi connectivity index (χ2n) is 5.10. The molecule has 0 aliphatic carbocycles. The van der Waals surface area contributed by atoms with E-state index in [0.717, 1.165) is 43.0 Å². The van der Waals surface area contributed by atoms with E-state index < -0.39 is 11.7 Å². The summed E-state index contributed by atoms with van der Waals surface area (Å²) in [6.07, 6.45) is -4.33. The topological polar surface area (TPSA) is 31.4 Å². The minimum atomic E-state index is -4.33. The maximum absolute atomic E-state index is 12.7. The highest BCUT2D eigenvalue weighted by Gasteiger charge is 2.30. The van der Waals surface area contributed by atoms with E-state index in [-0.39, 0.29) is 0 Å². The number of aromatic nitrogens is 1. The summed E-state index contributed by atoms with van der Waals surface area (Å²) in [6, 6.07) is 3.67. The molecule has 3 rings (SSSR count). The van der Waals surface area contributed by atoms with Gasteiger partial charge in [0.15, 0.2) is 5.13 Å². The molecule has 0 bridgehead atoms. The van der Waals surface area contributed by atoms with Crippen molar-refractivity contribution >= 4 is 26.7 Å². The second kappa shape index (κ2) is 5.43. The van der Waals surface area contributed by atoms with Gasteiger partial charge in [-0.15, -0.1) is 0 Å². The molecule has 0 saturated carbocycles. The number of alkyl halides is 3. The molecule has 1 N–H and O–H groups in total. The number of nitrogens with one attached hydrogen (secondary N) is 1. The molecular formula is C13H15F3N4S. The molecule has 1 saturated heterocycles. The van der Waals surface area contributed by atoms with Crippen LogP contribution in [-0.2, 0) is 6.18 Å². The highest BCUT2D eigenvalue weighted by molar-refractivity contribution is 7.22. The summed E-state index contributed by atoms with van der Waals surface area (Å²) in [5.74, 6) is 0. The minimum Gasteiger partial charge on any atom is -0.304 e. The van der Waals surface area contributed by atoms with E-state index in [1.165, 1.54) is 17.4 Å². The average molecular weight is 316 g/mol. The monoisotopic (exact) mass is 316 g/mol. The first kappa shape index (κ1) is 14.6. The van der Waals surface area contributed by atoms with Crippen LogP contribution >= 0.6 is 11.3 Å². The molecule has 1 fully saturated rings. The number of thiazole rings is 1. The molecule has 0 atom stereocenters. The predicted molar refractivity (Wildman–Crippen MR) is 77.3 cm³/mol. The third kappa shape index (κ3) is 3.28. The number of rotatable bonds is 2. The van der Waals surface area contributed by atoms with Crippen molar-refractivity contribution in [3.63, 3.8) is 0 Å². The Labute approximate surface area is 124 Å². The van der Waals surface area contributed by atoms with Gasteiger partial charge in [-0.3, -0.25) is 5.43 Å². The zero-order chi connectivity index (χ0) is 15.0. The van der Waals surface area contributed by atoms with Crippen LogP contribution in [0.25, 0.3) is 10.2 Å². The van der Waals surface area contributed by atoms with Crippen molar-refractivity contribution in [2.45, 2.75) is 6.18 Å². The van der Waals surface area contributed by atoms with Gasteiger partial charge in [0.05, 0.1) is 15.8 Å². The van der Waals surface area contributed by atoms with Crippen LogP contribution in [0.3, 0.4) is 0 Å². The number of nitrogens with zero attached hydrogens (tertiary/aromatic N) is 3. The number of hydrazine groups is 1. The SMILES string of the molecule is CN1CCN(Nc2nc3cc(C(F)(F)F)ccc3s2)CC1. The highest BCUT2D eigenvalue weighted by Crippen LogP contribution is 2.34. The number of likely N-dealkylation sites (N-methyl/N-ethyl adjacent to an activating group) is 1. The summed E-state index contributed by atoms with van der Waals surface area (Å²) in [4.78, 5) is 6.48. The molecule has 0 amide bonds. The highest BCUT2D eigenvalue weighted by atomic mass is 32.1. The van der Waals surface area contributed by atoms with Gasteiger partial charge in [0.1, 0.15) is 0 Å². The molecule has 2 aromatic rings. The molecule has 114 valence electrons. The van der Waals surface area contributed by atoms with Crippen LogP contribution in [0.5, 0.6) is 0 Å². The summed E-state index contributed by atoms with van der Waals surface area (Å²) in [6.45, 7) is 3.63. The van der Waals surface area contributed by atoms with Crippen LogP contribution in [0.15, 0.2) is 18.2 Å². The second-order valence-corrected chi connectivity index (χ2v) is 6.13. The molecule has 1 aliphatic rings. The summed E-state index contributed by atoms with van der Waals surface area (Å²) < 4.78 is 38.8. The maximum atomic E-state index is 12.7. The van der Waals surface area contributed by atoms with Crippen molar-refractivity contribution < 1.29 is 13.2 Å². The number of piperazine rings is 1. The van der Waals surface area contributed by atoms with Crippen molar-refractivity contribution in [1.29, 1.82) is 0 Å². The Kier molecular flexibility index (Phi) is 3.76. The first-order valence-corrected chi connectivity index (χ1v) is 7.41. The summed E-state index contributed by atoms with van der Waals surface area (Å²) in [5.41, 5.74) is 2.90. The van der Waals surface area contributed by atoms with Gasteiger partial charge in [0, 0.05) is 26.2 Å². The number of hydrogen-bond donors (Lipinski definition) is 1. The van der Waals surface area contributed by atoms with E-state index in [1.807, 2.05) is 5.01 Å². The van der Waals surface area contributed by atoms with Crippen molar-refractivity contribution in [3.05, 3.63) is 23.8 Å². The Hall–Kier alpha value is -1.38. The minimum absolute atomic E-state index is 0.381. The van der Waals surface area contributed by atoms with Crippen molar-refractivity contribution in [2.75, 3.05) is 38.7 Å². The third-order valence-corrected chi connectivity index (χ3v) is 4.41. The van der Waals surface area contributed by atoms with E-state index in [2.05, 4.69) is 22.4 Å². The van der Waals surface area contributed by atoms with Gasteiger partial charge in [-0.2, -0.15) is 13.2 Å². The van der Waals surface area contributed by atoms with Gasteiger partial charge < -0.3 is 4.90 Å². The fraction of sp³-hybridized carbons (Fsp3) is 0.462. The van der Waals surface area contributed by atoms with Crippen molar-refractivity contribution in [3.8, 4) is 0 Å². The van der Waals surface area contributed by atoms with E-state index in [0.29, 0.717) is 10.6 Å². The van der Waals surface area contributed by atoms with E-state index in [4.69, 9.17) is 0 Å². The third-order valence-electron chi connectivity index (χ3n) is 3.47. The van der Waals surface area contributed by atoms with Gasteiger partial charge >= 0.3 is 6.18 Å². The molecule has 8 heteroatoms. The number of halogens is 3. The van der Waals surface area contributed by atoms with E-state index in [9.17, 15) is 13.2 Å². The Balaban J connectivity index is 1.78. The van der Waals surface area contributed by atoms with Crippen LogP contribution in [0.2, 0.25) is 0 Å². The quantitative estimate of drug-likeness (QED) is 0.923. The zero-order valence-corrected chi connectivity index (χ0v) is 12.3. The van der Waals surface area contributed by atoms with Crippen LogP contribution in [0.4, 0.5) is 18.3 Å². The maximum Gasteiger partial charge on any atom is 0.416 e. The van der Waals surface area contributed by atoms with Crippen LogP contribution < -0.4 is 5.43 Å². The van der Waals surface area contributed by atoms with Crippen molar-refractivity contribution in [2.24, 2.45) is 0 Å². The molecular weight excluding hydrogens is 301 g/mol. The molecule has 0 spiro atoms. The molecule has 21 heavy (non-hydrogen) atoms. The molecule has 1 aromatic heterocycles.